The van der Waals surface area contributed by atoms with Gasteiger partial charge in [-0.2, -0.15) is 0 Å². The molecule has 0 amide bonds. The second-order valence-corrected chi connectivity index (χ2v) is 4.96. The normalized spacial score (nSPS) is 15.5. The molecular weight excluding hydrogens is 200 g/mol. The molecule has 1 aromatic rings. The van der Waals surface area contributed by atoms with Crippen LogP contribution in [0.25, 0.3) is 0 Å². The third-order valence-corrected chi connectivity index (χ3v) is 2.84. The smallest absolute Gasteiger partial charge is 0.128 e. The zero-order valence-corrected chi connectivity index (χ0v) is 10.1. The van der Waals surface area contributed by atoms with E-state index in [0.29, 0.717) is 12.0 Å². The molecular formula is C13H20N2O. The first-order valence-corrected chi connectivity index (χ1v) is 6.03. The van der Waals surface area contributed by atoms with Gasteiger partial charge in [0, 0.05) is 18.8 Å². The minimum Gasteiger partial charge on any atom is -0.392 e. The molecule has 1 aliphatic carbocycles. The van der Waals surface area contributed by atoms with Gasteiger partial charge in [-0.05, 0) is 30.4 Å². The highest BCUT2D eigenvalue weighted by atomic mass is 16.3. The Morgan fingerprint density at radius 3 is 2.62 bits per heavy atom. The van der Waals surface area contributed by atoms with Crippen LogP contribution in [-0.4, -0.2) is 22.7 Å². The lowest BCUT2D eigenvalue weighted by Crippen LogP contribution is -2.30. The summed E-state index contributed by atoms with van der Waals surface area (Å²) in [6.45, 7) is 5.60. The summed E-state index contributed by atoms with van der Waals surface area (Å²) in [6, 6.07) is 4.67. The van der Waals surface area contributed by atoms with Gasteiger partial charge in [-0.25, -0.2) is 4.98 Å². The topological polar surface area (TPSA) is 36.4 Å². The highest BCUT2D eigenvalue weighted by Crippen LogP contribution is 2.31. The van der Waals surface area contributed by atoms with Crippen LogP contribution in [0.5, 0.6) is 0 Å². The number of rotatable bonds is 5. The van der Waals surface area contributed by atoms with Crippen LogP contribution in [0.15, 0.2) is 18.3 Å². The van der Waals surface area contributed by atoms with Crippen molar-refractivity contribution >= 4 is 5.82 Å². The molecule has 0 unspecified atom stereocenters. The molecule has 3 nitrogen and oxygen atoms in total. The minimum atomic E-state index is 0.0703. The molecule has 0 spiro atoms. The average molecular weight is 220 g/mol. The van der Waals surface area contributed by atoms with E-state index in [-0.39, 0.29) is 6.61 Å². The molecule has 2 rings (SSSR count). The van der Waals surface area contributed by atoms with Gasteiger partial charge in [-0.1, -0.05) is 19.9 Å². The number of hydrogen-bond acceptors (Lipinski definition) is 3. The van der Waals surface area contributed by atoms with Gasteiger partial charge in [0.05, 0.1) is 6.61 Å². The van der Waals surface area contributed by atoms with Gasteiger partial charge in [0.25, 0.3) is 0 Å². The SMILES string of the molecule is CC(C)CN(c1ccc(CO)cn1)C1CC1. The van der Waals surface area contributed by atoms with E-state index in [1.165, 1.54) is 12.8 Å². The Hall–Kier alpha value is -1.09. The highest BCUT2D eigenvalue weighted by Gasteiger charge is 2.30. The number of aliphatic hydroxyl groups excluding tert-OH is 1. The maximum Gasteiger partial charge on any atom is 0.128 e. The molecule has 1 fully saturated rings. The lowest BCUT2D eigenvalue weighted by Gasteiger charge is -2.25. The second-order valence-electron chi connectivity index (χ2n) is 4.96. The van der Waals surface area contributed by atoms with E-state index >= 15 is 0 Å². The van der Waals surface area contributed by atoms with Crippen LogP contribution in [0, 0.1) is 5.92 Å². The Morgan fingerprint density at radius 1 is 1.44 bits per heavy atom. The predicted molar refractivity (Wildman–Crippen MR) is 65.4 cm³/mol. The van der Waals surface area contributed by atoms with Gasteiger partial charge in [0.1, 0.15) is 5.82 Å². The fourth-order valence-electron chi connectivity index (χ4n) is 1.89. The van der Waals surface area contributed by atoms with Crippen molar-refractivity contribution in [1.82, 2.24) is 4.98 Å². The standard InChI is InChI=1S/C13H20N2O/c1-10(2)8-15(12-4-5-12)13-6-3-11(9-16)7-14-13/h3,6-7,10,12,16H,4-5,8-9H2,1-2H3. The number of nitrogens with zero attached hydrogens (tertiary/aromatic N) is 2. The molecule has 1 aliphatic rings. The van der Waals surface area contributed by atoms with Crippen molar-refractivity contribution in [3.63, 3.8) is 0 Å². The van der Waals surface area contributed by atoms with Crippen molar-refractivity contribution in [2.75, 3.05) is 11.4 Å². The van der Waals surface area contributed by atoms with E-state index in [9.17, 15) is 0 Å². The van der Waals surface area contributed by atoms with E-state index in [1.54, 1.807) is 6.20 Å². The third kappa shape index (κ3) is 2.73. The zero-order valence-electron chi connectivity index (χ0n) is 10.1. The maximum atomic E-state index is 8.98. The Balaban J connectivity index is 2.11. The first-order chi connectivity index (χ1) is 7.70. The molecule has 0 saturated heterocycles. The lowest BCUT2D eigenvalue weighted by atomic mass is 10.2. The average Bonchev–Trinajstić information content (AvgIpc) is 3.10. The van der Waals surface area contributed by atoms with Crippen LogP contribution in [0.2, 0.25) is 0 Å². The fourth-order valence-corrected chi connectivity index (χ4v) is 1.89. The summed E-state index contributed by atoms with van der Waals surface area (Å²) in [5, 5.41) is 8.98. The quantitative estimate of drug-likeness (QED) is 0.826. The van der Waals surface area contributed by atoms with Gasteiger partial charge in [0.2, 0.25) is 0 Å². The van der Waals surface area contributed by atoms with Crippen LogP contribution >= 0.6 is 0 Å². The van der Waals surface area contributed by atoms with E-state index in [4.69, 9.17) is 5.11 Å². The summed E-state index contributed by atoms with van der Waals surface area (Å²) in [5.74, 6) is 1.70. The predicted octanol–water partition coefficient (Wildman–Crippen LogP) is 2.20. The van der Waals surface area contributed by atoms with E-state index in [1.807, 2.05) is 12.1 Å². The van der Waals surface area contributed by atoms with E-state index in [2.05, 4.69) is 23.7 Å². The van der Waals surface area contributed by atoms with Crippen molar-refractivity contribution in [3.8, 4) is 0 Å². The molecule has 0 aromatic carbocycles. The summed E-state index contributed by atoms with van der Waals surface area (Å²) in [5.41, 5.74) is 0.879. The first-order valence-electron chi connectivity index (χ1n) is 6.03. The molecule has 0 bridgehead atoms. The molecule has 1 N–H and O–H groups in total. The summed E-state index contributed by atoms with van der Waals surface area (Å²) in [4.78, 5) is 6.82. The van der Waals surface area contributed by atoms with Crippen LogP contribution in [-0.2, 0) is 6.61 Å². The van der Waals surface area contributed by atoms with Crippen molar-refractivity contribution in [2.24, 2.45) is 5.92 Å². The molecule has 0 atom stereocenters. The molecule has 3 heteroatoms. The Kier molecular flexibility index (Phi) is 3.44. The van der Waals surface area contributed by atoms with Crippen molar-refractivity contribution in [3.05, 3.63) is 23.9 Å². The third-order valence-electron chi connectivity index (χ3n) is 2.84. The zero-order chi connectivity index (χ0) is 11.5. The van der Waals surface area contributed by atoms with Crippen molar-refractivity contribution < 1.29 is 5.11 Å². The minimum absolute atomic E-state index is 0.0703. The van der Waals surface area contributed by atoms with Crippen LogP contribution in [0.1, 0.15) is 32.3 Å². The summed E-state index contributed by atoms with van der Waals surface area (Å²) in [7, 11) is 0. The van der Waals surface area contributed by atoms with Crippen molar-refractivity contribution in [1.29, 1.82) is 0 Å². The Bertz CT molecular complexity index is 330. The van der Waals surface area contributed by atoms with Crippen LogP contribution < -0.4 is 4.90 Å². The Morgan fingerprint density at radius 2 is 2.19 bits per heavy atom. The molecule has 1 saturated carbocycles. The largest absolute Gasteiger partial charge is 0.392 e. The van der Waals surface area contributed by atoms with Gasteiger partial charge in [0.15, 0.2) is 0 Å². The number of aromatic nitrogens is 1. The molecule has 16 heavy (non-hydrogen) atoms. The van der Waals surface area contributed by atoms with Gasteiger partial charge in [-0.15, -0.1) is 0 Å². The molecule has 88 valence electrons. The van der Waals surface area contributed by atoms with E-state index < -0.39 is 0 Å². The summed E-state index contributed by atoms with van der Waals surface area (Å²) >= 11 is 0. The second kappa shape index (κ2) is 4.83. The summed E-state index contributed by atoms with van der Waals surface area (Å²) in [6.07, 6.45) is 4.34. The molecule has 0 radical (unpaired) electrons. The van der Waals surface area contributed by atoms with Crippen molar-refractivity contribution in [2.45, 2.75) is 39.3 Å². The van der Waals surface area contributed by atoms with Gasteiger partial charge >= 0.3 is 0 Å². The fraction of sp³-hybridized carbons (Fsp3) is 0.615. The first kappa shape index (κ1) is 11.4. The number of anilines is 1. The number of hydrogen-bond donors (Lipinski definition) is 1. The van der Waals surface area contributed by atoms with Crippen LogP contribution in [0.3, 0.4) is 0 Å². The molecule has 1 aromatic heterocycles. The number of pyridine rings is 1. The van der Waals surface area contributed by atoms with Gasteiger partial charge in [-0.3, -0.25) is 0 Å². The molecule has 1 heterocycles. The monoisotopic (exact) mass is 220 g/mol. The maximum absolute atomic E-state index is 8.98. The number of aliphatic hydroxyl groups is 1. The van der Waals surface area contributed by atoms with Gasteiger partial charge < -0.3 is 10.0 Å². The van der Waals surface area contributed by atoms with E-state index in [0.717, 1.165) is 17.9 Å². The summed E-state index contributed by atoms with van der Waals surface area (Å²) < 4.78 is 0. The van der Waals surface area contributed by atoms with Crippen LogP contribution in [0.4, 0.5) is 5.82 Å². The highest BCUT2D eigenvalue weighted by molar-refractivity contribution is 5.42. The molecule has 0 aliphatic heterocycles. The Labute approximate surface area is 97.1 Å². The lowest BCUT2D eigenvalue weighted by molar-refractivity contribution is 0.281.